The van der Waals surface area contributed by atoms with Crippen molar-refractivity contribution in [1.82, 2.24) is 15.2 Å². The normalized spacial score (nSPS) is 7.50. The second-order valence-electron chi connectivity index (χ2n) is 0.989. The van der Waals surface area contributed by atoms with Gasteiger partial charge < -0.3 is 1.43 Å². The van der Waals surface area contributed by atoms with Gasteiger partial charge in [-0.15, -0.1) is 0 Å². The first-order valence-corrected chi connectivity index (χ1v) is 1.74. The summed E-state index contributed by atoms with van der Waals surface area (Å²) in [7, 11) is 0. The van der Waals surface area contributed by atoms with Crippen molar-refractivity contribution >= 4 is 6.29 Å². The molecule has 8 heavy (non-hydrogen) atoms. The zero-order valence-electron chi connectivity index (χ0n) is 5.46. The summed E-state index contributed by atoms with van der Waals surface area (Å²) in [5.41, 5.74) is 0. The molecule has 1 aromatic heterocycles. The van der Waals surface area contributed by atoms with Gasteiger partial charge in [0.25, 0.3) is 0 Å². The molecule has 0 saturated heterocycles. The van der Waals surface area contributed by atoms with Crippen molar-refractivity contribution in [2.45, 2.75) is 0 Å². The topological polar surface area (TPSA) is 58.6 Å². The van der Waals surface area contributed by atoms with Crippen LogP contribution in [0.25, 0.3) is 0 Å². The van der Waals surface area contributed by atoms with E-state index in [2.05, 4.69) is 15.2 Å². The largest absolute Gasteiger partial charge is 1.00 e. The van der Waals surface area contributed by atoms with Gasteiger partial charge in [0.2, 0.25) is 0 Å². The van der Waals surface area contributed by atoms with E-state index < -0.39 is 0 Å². The van der Waals surface area contributed by atoms with Crippen molar-refractivity contribution in [3.8, 4) is 0 Å². The molecule has 5 heteroatoms. The van der Waals surface area contributed by atoms with Crippen molar-refractivity contribution in [2.75, 3.05) is 0 Å². The first-order valence-electron chi connectivity index (χ1n) is 1.74. The summed E-state index contributed by atoms with van der Waals surface area (Å²) in [6.45, 7) is 0. The molecular weight excluding hydrogens is 117 g/mol. The Bertz CT molecular complexity index is 154. The number of rotatable bonds is 1. The minimum Gasteiger partial charge on any atom is -1.00 e. The molecule has 0 saturated carbocycles. The summed E-state index contributed by atoms with van der Waals surface area (Å²) >= 11 is 0. The predicted molar refractivity (Wildman–Crippen MR) is 22.9 cm³/mol. The zero-order chi connectivity index (χ0) is 5.11. The van der Waals surface area contributed by atoms with Crippen LogP contribution in [0.1, 0.15) is 12.0 Å². The van der Waals surface area contributed by atoms with Crippen LogP contribution in [0.15, 0.2) is 6.33 Å². The second kappa shape index (κ2) is 3.77. The second-order valence-corrected chi connectivity index (χ2v) is 0.989. The predicted octanol–water partition coefficient (Wildman–Crippen LogP) is -3.27. The number of hydrogen-bond donors (Lipinski definition) is 1. The van der Waals surface area contributed by atoms with Gasteiger partial charge in [-0.1, -0.05) is 0 Å². The van der Waals surface area contributed by atoms with E-state index in [1.807, 2.05) is 0 Å². The molecule has 0 spiro atoms. The van der Waals surface area contributed by atoms with E-state index >= 15 is 0 Å². The van der Waals surface area contributed by atoms with Gasteiger partial charge in [0.15, 0.2) is 12.1 Å². The molecule has 0 bridgehead atoms. The molecule has 1 heterocycles. The number of H-pyrrole nitrogens is 1. The fourth-order valence-electron chi connectivity index (χ4n) is 0.272. The summed E-state index contributed by atoms with van der Waals surface area (Å²) in [5.74, 6) is 0.264. The van der Waals surface area contributed by atoms with E-state index in [1.165, 1.54) is 6.33 Å². The van der Waals surface area contributed by atoms with Crippen LogP contribution in [0.3, 0.4) is 0 Å². The number of hydrogen-bond acceptors (Lipinski definition) is 3. The smallest absolute Gasteiger partial charge is 1.00 e. The van der Waals surface area contributed by atoms with Gasteiger partial charge >= 0.3 is 29.6 Å². The summed E-state index contributed by atoms with van der Waals surface area (Å²) in [6, 6.07) is 0. The molecule has 0 radical (unpaired) electrons. The van der Waals surface area contributed by atoms with Crippen molar-refractivity contribution in [3.05, 3.63) is 12.2 Å². The Balaban J connectivity index is 0. The van der Waals surface area contributed by atoms with Crippen LogP contribution in [0.5, 0.6) is 0 Å². The van der Waals surface area contributed by atoms with Gasteiger partial charge in [-0.25, -0.2) is 4.98 Å². The summed E-state index contributed by atoms with van der Waals surface area (Å²) in [4.78, 5) is 13.2. The van der Waals surface area contributed by atoms with E-state index in [0.29, 0.717) is 6.29 Å². The quantitative estimate of drug-likeness (QED) is 0.313. The molecule has 0 aliphatic rings. The SMILES string of the molecule is O=Cc1ncn[nH]1.[H-].[Na+]. The number of carbonyl (C=O) groups excluding carboxylic acids is 1. The minimum absolute atomic E-state index is 0. The molecule has 0 aliphatic heterocycles. The van der Waals surface area contributed by atoms with Crippen LogP contribution in [0.4, 0.5) is 0 Å². The standard InChI is InChI=1S/C3H3N3O.Na.H/c7-1-3-4-2-5-6-3;;/h1-2H,(H,4,5,6);;/q;+1;-1. The average molecular weight is 121 g/mol. The molecule has 1 rings (SSSR count). The number of aromatic amines is 1. The third-order valence-corrected chi connectivity index (χ3v) is 0.545. The van der Waals surface area contributed by atoms with Crippen molar-refractivity contribution in [2.24, 2.45) is 0 Å². The summed E-state index contributed by atoms with van der Waals surface area (Å²) in [6.07, 6.45) is 1.89. The molecule has 0 unspecified atom stereocenters. The maximum absolute atomic E-state index is 9.73. The number of carbonyl (C=O) groups is 1. The molecule has 0 atom stereocenters. The number of aldehydes is 1. The van der Waals surface area contributed by atoms with Crippen molar-refractivity contribution < 1.29 is 35.8 Å². The molecule has 0 aromatic carbocycles. The number of aromatic nitrogens is 3. The number of nitrogens with one attached hydrogen (secondary N) is 1. The molecule has 0 amide bonds. The molecule has 4 nitrogen and oxygen atoms in total. The summed E-state index contributed by atoms with van der Waals surface area (Å²) < 4.78 is 0. The van der Waals surface area contributed by atoms with Crippen LogP contribution in [-0.4, -0.2) is 21.5 Å². The Labute approximate surface area is 69.5 Å². The first-order chi connectivity index (χ1) is 3.43. The first kappa shape index (κ1) is 7.81. The Morgan fingerprint density at radius 2 is 2.62 bits per heavy atom. The minimum atomic E-state index is 0. The van der Waals surface area contributed by atoms with Gasteiger partial charge in [0.1, 0.15) is 6.33 Å². The van der Waals surface area contributed by atoms with Crippen LogP contribution in [0, 0.1) is 0 Å². The van der Waals surface area contributed by atoms with E-state index in [4.69, 9.17) is 0 Å². The Hall–Kier alpha value is -0.190. The molecule has 1 aromatic rings. The van der Waals surface area contributed by atoms with E-state index in [1.54, 1.807) is 0 Å². The van der Waals surface area contributed by atoms with Crippen LogP contribution in [0.2, 0.25) is 0 Å². The third kappa shape index (κ3) is 1.73. The molecule has 0 fully saturated rings. The van der Waals surface area contributed by atoms with Gasteiger partial charge in [-0.3, -0.25) is 9.89 Å². The van der Waals surface area contributed by atoms with Gasteiger partial charge in [0, 0.05) is 0 Å². The fraction of sp³-hybridized carbons (Fsp3) is 0. The Morgan fingerprint density at radius 3 is 2.88 bits per heavy atom. The monoisotopic (exact) mass is 121 g/mol. The maximum atomic E-state index is 9.73. The van der Waals surface area contributed by atoms with E-state index in [9.17, 15) is 4.79 Å². The van der Waals surface area contributed by atoms with Gasteiger partial charge in [0.05, 0.1) is 0 Å². The van der Waals surface area contributed by atoms with Crippen molar-refractivity contribution in [1.29, 1.82) is 0 Å². The number of nitrogens with zero attached hydrogens (tertiary/aromatic N) is 2. The van der Waals surface area contributed by atoms with E-state index in [0.717, 1.165) is 0 Å². The molecular formula is C3H4N3NaO. The summed E-state index contributed by atoms with van der Waals surface area (Å²) in [5, 5.41) is 5.78. The average Bonchev–Trinajstić information content (AvgIpc) is 2.14. The molecule has 0 aliphatic carbocycles. The van der Waals surface area contributed by atoms with Gasteiger partial charge in [-0.05, 0) is 0 Å². The Kier molecular flexibility index (Phi) is 3.68. The van der Waals surface area contributed by atoms with Crippen LogP contribution >= 0.6 is 0 Å². The maximum Gasteiger partial charge on any atom is 1.00 e. The van der Waals surface area contributed by atoms with Crippen LogP contribution in [-0.2, 0) is 0 Å². The Morgan fingerprint density at radius 1 is 1.88 bits per heavy atom. The van der Waals surface area contributed by atoms with E-state index in [-0.39, 0.29) is 36.8 Å². The van der Waals surface area contributed by atoms with Gasteiger partial charge in [-0.2, -0.15) is 5.10 Å². The third-order valence-electron chi connectivity index (χ3n) is 0.545. The van der Waals surface area contributed by atoms with Crippen LogP contribution < -0.4 is 29.6 Å². The fourth-order valence-corrected chi connectivity index (χ4v) is 0.272. The molecule has 1 N–H and O–H groups in total. The van der Waals surface area contributed by atoms with Crippen molar-refractivity contribution in [3.63, 3.8) is 0 Å². The molecule has 38 valence electrons. The zero-order valence-corrected chi connectivity index (χ0v) is 6.46.